The third-order valence-corrected chi connectivity index (χ3v) is 4.14. The predicted octanol–water partition coefficient (Wildman–Crippen LogP) is 1.81. The molecule has 1 aromatic rings. The molecule has 1 unspecified atom stereocenters. The summed E-state index contributed by atoms with van der Waals surface area (Å²) < 4.78 is 16.1. The zero-order valence-electron chi connectivity index (χ0n) is 13.2. The number of methoxy groups -OCH3 is 2. The normalized spacial score (nSPS) is 17.8. The SMILES string of the molecule is COc1ccc(C(N)CN(C)C2CCOCC2)c(OC)c1. The summed E-state index contributed by atoms with van der Waals surface area (Å²) in [7, 11) is 5.44. The molecule has 0 aromatic heterocycles. The van der Waals surface area contributed by atoms with Gasteiger partial charge in [0.05, 0.1) is 14.2 Å². The van der Waals surface area contributed by atoms with Crippen molar-refractivity contribution in [1.82, 2.24) is 4.90 Å². The van der Waals surface area contributed by atoms with Crippen LogP contribution in [0.1, 0.15) is 24.4 Å². The van der Waals surface area contributed by atoms with Crippen LogP contribution in [-0.4, -0.2) is 52.0 Å². The largest absolute Gasteiger partial charge is 0.497 e. The molecule has 0 saturated carbocycles. The molecular formula is C16H26N2O3. The Labute approximate surface area is 127 Å². The highest BCUT2D eigenvalue weighted by molar-refractivity contribution is 5.42. The maximum absolute atomic E-state index is 6.38. The van der Waals surface area contributed by atoms with Crippen LogP contribution in [-0.2, 0) is 4.74 Å². The molecule has 0 radical (unpaired) electrons. The maximum Gasteiger partial charge on any atom is 0.127 e. The number of nitrogens with two attached hydrogens (primary N) is 1. The minimum Gasteiger partial charge on any atom is -0.497 e. The van der Waals surface area contributed by atoms with Crippen molar-refractivity contribution in [3.05, 3.63) is 23.8 Å². The lowest BCUT2D eigenvalue weighted by atomic mass is 10.0. The predicted molar refractivity (Wildman–Crippen MR) is 82.9 cm³/mol. The van der Waals surface area contributed by atoms with Gasteiger partial charge in [0.25, 0.3) is 0 Å². The minimum absolute atomic E-state index is 0.0845. The Balaban J connectivity index is 2.03. The third-order valence-electron chi connectivity index (χ3n) is 4.14. The molecular weight excluding hydrogens is 268 g/mol. The van der Waals surface area contributed by atoms with E-state index < -0.39 is 0 Å². The average molecular weight is 294 g/mol. The first kappa shape index (κ1) is 16.1. The monoisotopic (exact) mass is 294 g/mol. The number of rotatable bonds is 6. The van der Waals surface area contributed by atoms with Crippen molar-refractivity contribution in [3.63, 3.8) is 0 Å². The second kappa shape index (κ2) is 7.64. The van der Waals surface area contributed by atoms with Crippen LogP contribution >= 0.6 is 0 Å². The number of ether oxygens (including phenoxy) is 3. The van der Waals surface area contributed by atoms with Crippen LogP contribution < -0.4 is 15.2 Å². The van der Waals surface area contributed by atoms with Gasteiger partial charge in [0.2, 0.25) is 0 Å². The van der Waals surface area contributed by atoms with E-state index in [4.69, 9.17) is 19.9 Å². The van der Waals surface area contributed by atoms with E-state index in [0.29, 0.717) is 6.04 Å². The van der Waals surface area contributed by atoms with E-state index in [2.05, 4.69) is 11.9 Å². The first-order valence-corrected chi connectivity index (χ1v) is 7.41. The highest BCUT2D eigenvalue weighted by atomic mass is 16.5. The lowest BCUT2D eigenvalue weighted by Gasteiger charge is -2.33. The van der Waals surface area contributed by atoms with Crippen LogP contribution in [0.15, 0.2) is 18.2 Å². The summed E-state index contributed by atoms with van der Waals surface area (Å²) in [4.78, 5) is 2.33. The van der Waals surface area contributed by atoms with Gasteiger partial charge in [0.1, 0.15) is 11.5 Å². The van der Waals surface area contributed by atoms with E-state index in [-0.39, 0.29) is 6.04 Å². The van der Waals surface area contributed by atoms with Gasteiger partial charge in [-0.3, -0.25) is 0 Å². The van der Waals surface area contributed by atoms with Gasteiger partial charge in [0, 0.05) is 43.5 Å². The summed E-state index contributed by atoms with van der Waals surface area (Å²) in [6.45, 7) is 2.49. The van der Waals surface area contributed by atoms with Crippen molar-refractivity contribution < 1.29 is 14.2 Å². The van der Waals surface area contributed by atoms with Gasteiger partial charge < -0.3 is 24.8 Å². The Kier molecular flexibility index (Phi) is 5.85. The summed E-state index contributed by atoms with van der Waals surface area (Å²) in [6.07, 6.45) is 2.14. The molecule has 1 aliphatic heterocycles. The fraction of sp³-hybridized carbons (Fsp3) is 0.625. The van der Waals surface area contributed by atoms with Crippen molar-refractivity contribution in [2.45, 2.75) is 24.9 Å². The van der Waals surface area contributed by atoms with Crippen molar-refractivity contribution in [2.75, 3.05) is 41.0 Å². The van der Waals surface area contributed by atoms with Gasteiger partial charge in [-0.15, -0.1) is 0 Å². The van der Waals surface area contributed by atoms with E-state index in [9.17, 15) is 0 Å². The van der Waals surface area contributed by atoms with Crippen LogP contribution in [0.25, 0.3) is 0 Å². The van der Waals surface area contributed by atoms with Gasteiger partial charge in [0.15, 0.2) is 0 Å². The molecule has 1 saturated heterocycles. The number of benzene rings is 1. The lowest BCUT2D eigenvalue weighted by molar-refractivity contribution is 0.0413. The average Bonchev–Trinajstić information content (AvgIpc) is 2.54. The van der Waals surface area contributed by atoms with E-state index in [1.807, 2.05) is 18.2 Å². The van der Waals surface area contributed by atoms with E-state index in [0.717, 1.165) is 49.7 Å². The highest BCUT2D eigenvalue weighted by Crippen LogP contribution is 2.29. The van der Waals surface area contributed by atoms with Gasteiger partial charge in [-0.2, -0.15) is 0 Å². The second-order valence-electron chi connectivity index (χ2n) is 5.50. The molecule has 0 aliphatic carbocycles. The second-order valence-corrected chi connectivity index (χ2v) is 5.50. The smallest absolute Gasteiger partial charge is 0.127 e. The summed E-state index contributed by atoms with van der Waals surface area (Å²) in [6, 6.07) is 6.25. The molecule has 1 aromatic carbocycles. The molecule has 1 aliphatic rings. The molecule has 1 atom stereocenters. The first-order chi connectivity index (χ1) is 10.2. The van der Waals surface area contributed by atoms with E-state index in [1.54, 1.807) is 14.2 Å². The van der Waals surface area contributed by atoms with E-state index in [1.165, 1.54) is 0 Å². The van der Waals surface area contributed by atoms with Gasteiger partial charge >= 0.3 is 0 Å². The van der Waals surface area contributed by atoms with Crippen molar-refractivity contribution >= 4 is 0 Å². The Morgan fingerprint density at radius 3 is 2.62 bits per heavy atom. The zero-order valence-corrected chi connectivity index (χ0v) is 13.2. The van der Waals surface area contributed by atoms with E-state index >= 15 is 0 Å². The summed E-state index contributed by atoms with van der Waals surface area (Å²) in [5, 5.41) is 0. The van der Waals surface area contributed by atoms with Crippen molar-refractivity contribution in [1.29, 1.82) is 0 Å². The Bertz CT molecular complexity index is 447. The standard InChI is InChI=1S/C16H26N2O3/c1-18(12-6-8-21-9-7-12)11-15(17)14-5-4-13(19-2)10-16(14)20-3/h4-5,10,12,15H,6-9,11,17H2,1-3H3. The van der Waals surface area contributed by atoms with Crippen LogP contribution in [0.2, 0.25) is 0 Å². The number of nitrogens with zero attached hydrogens (tertiary/aromatic N) is 1. The first-order valence-electron chi connectivity index (χ1n) is 7.41. The zero-order chi connectivity index (χ0) is 15.2. The molecule has 0 spiro atoms. The summed E-state index contributed by atoms with van der Waals surface area (Å²) >= 11 is 0. The molecule has 0 amide bonds. The van der Waals surface area contributed by atoms with Crippen LogP contribution in [0.4, 0.5) is 0 Å². The topological polar surface area (TPSA) is 57.0 Å². The summed E-state index contributed by atoms with van der Waals surface area (Å²) in [5.74, 6) is 1.56. The fourth-order valence-corrected chi connectivity index (χ4v) is 2.81. The summed E-state index contributed by atoms with van der Waals surface area (Å²) in [5.41, 5.74) is 7.39. The molecule has 118 valence electrons. The lowest BCUT2D eigenvalue weighted by Crippen LogP contribution is -2.40. The molecule has 2 rings (SSSR count). The molecule has 5 heteroatoms. The Hall–Kier alpha value is -1.30. The van der Waals surface area contributed by atoms with Gasteiger partial charge in [-0.1, -0.05) is 6.07 Å². The molecule has 1 heterocycles. The third kappa shape index (κ3) is 4.09. The van der Waals surface area contributed by atoms with Crippen LogP contribution in [0.3, 0.4) is 0 Å². The molecule has 0 bridgehead atoms. The fourth-order valence-electron chi connectivity index (χ4n) is 2.81. The van der Waals surface area contributed by atoms with Gasteiger partial charge in [-0.25, -0.2) is 0 Å². The van der Waals surface area contributed by atoms with Crippen molar-refractivity contribution in [3.8, 4) is 11.5 Å². The van der Waals surface area contributed by atoms with Crippen LogP contribution in [0.5, 0.6) is 11.5 Å². The number of hydrogen-bond acceptors (Lipinski definition) is 5. The Morgan fingerprint density at radius 2 is 2.00 bits per heavy atom. The number of likely N-dealkylation sites (N-methyl/N-ethyl adjacent to an activating group) is 1. The maximum atomic E-state index is 6.38. The minimum atomic E-state index is -0.0845. The molecule has 5 nitrogen and oxygen atoms in total. The quantitative estimate of drug-likeness (QED) is 0.867. The van der Waals surface area contributed by atoms with Gasteiger partial charge in [-0.05, 0) is 26.0 Å². The molecule has 21 heavy (non-hydrogen) atoms. The molecule has 2 N–H and O–H groups in total. The van der Waals surface area contributed by atoms with Crippen LogP contribution in [0, 0.1) is 0 Å². The number of hydrogen-bond donors (Lipinski definition) is 1. The molecule has 1 fully saturated rings. The highest BCUT2D eigenvalue weighted by Gasteiger charge is 2.22. The Morgan fingerprint density at radius 1 is 1.29 bits per heavy atom. The van der Waals surface area contributed by atoms with Crippen molar-refractivity contribution in [2.24, 2.45) is 5.73 Å².